The zero-order chi connectivity index (χ0) is 22.4. The van der Waals surface area contributed by atoms with Gasteiger partial charge in [0.2, 0.25) is 0 Å². The number of nitriles is 1. The molecular weight excluding hydrogens is 497 g/mol. The van der Waals surface area contributed by atoms with Gasteiger partial charge in [0.1, 0.15) is 6.61 Å². The lowest BCUT2D eigenvalue weighted by Gasteiger charge is -2.15. The second-order valence-electron chi connectivity index (χ2n) is 6.81. The molecule has 0 saturated heterocycles. The summed E-state index contributed by atoms with van der Waals surface area (Å²) < 4.78 is 12.6. The van der Waals surface area contributed by atoms with Gasteiger partial charge >= 0.3 is 0 Å². The van der Waals surface area contributed by atoms with E-state index in [9.17, 15) is 5.26 Å². The van der Waals surface area contributed by atoms with Gasteiger partial charge < -0.3 is 9.47 Å². The minimum absolute atomic E-state index is 0.268. The molecule has 0 bridgehead atoms. The molecule has 0 aliphatic carbocycles. The van der Waals surface area contributed by atoms with E-state index in [1.54, 1.807) is 12.1 Å². The first kappa shape index (κ1) is 23.2. The minimum Gasteiger partial charge on any atom is -0.490 e. The summed E-state index contributed by atoms with van der Waals surface area (Å²) in [5, 5.41) is 10.8. The van der Waals surface area contributed by atoms with E-state index < -0.39 is 0 Å². The largest absolute Gasteiger partial charge is 0.490 e. The quantitative estimate of drug-likeness (QED) is 0.235. The van der Waals surface area contributed by atoms with E-state index in [0.29, 0.717) is 33.7 Å². The maximum Gasteiger partial charge on any atom is 0.162 e. The van der Waals surface area contributed by atoms with Gasteiger partial charge in [-0.1, -0.05) is 75.0 Å². The van der Waals surface area contributed by atoms with Crippen LogP contribution in [-0.4, -0.2) is 6.61 Å². The van der Waals surface area contributed by atoms with Crippen LogP contribution in [0.4, 0.5) is 0 Å². The third kappa shape index (κ3) is 6.04. The molecular formula is C25H20BrCl2NO2. The zero-order valence-corrected chi connectivity index (χ0v) is 20.2. The Hall–Kier alpha value is -2.45. The van der Waals surface area contributed by atoms with E-state index in [-0.39, 0.29) is 6.61 Å². The Morgan fingerprint density at radius 2 is 1.74 bits per heavy atom. The fraction of sp³-hybridized carbons (Fsp3) is 0.160. The maximum atomic E-state index is 9.67. The smallest absolute Gasteiger partial charge is 0.162 e. The second-order valence-corrected chi connectivity index (χ2v) is 8.51. The van der Waals surface area contributed by atoms with Crippen LogP contribution < -0.4 is 9.47 Å². The molecule has 6 heteroatoms. The minimum atomic E-state index is 0.268. The summed E-state index contributed by atoms with van der Waals surface area (Å²) in [6.45, 7) is 4.67. The highest BCUT2D eigenvalue weighted by Gasteiger charge is 2.13. The Morgan fingerprint density at radius 1 is 1.03 bits per heavy atom. The van der Waals surface area contributed by atoms with Gasteiger partial charge in [0.05, 0.1) is 18.2 Å². The van der Waals surface area contributed by atoms with Crippen LogP contribution in [0.5, 0.6) is 11.5 Å². The predicted octanol–water partition coefficient (Wildman–Crippen LogP) is 8.11. The lowest BCUT2D eigenvalue weighted by molar-refractivity contribution is 0.269. The van der Waals surface area contributed by atoms with Crippen molar-refractivity contribution in [3.8, 4) is 17.6 Å². The summed E-state index contributed by atoms with van der Waals surface area (Å²) in [5.41, 5.74) is 4.20. The lowest BCUT2D eigenvalue weighted by Crippen LogP contribution is -2.01. The fourth-order valence-electron chi connectivity index (χ4n) is 2.91. The van der Waals surface area contributed by atoms with Crippen LogP contribution in [0.2, 0.25) is 10.0 Å². The molecule has 3 aromatic carbocycles. The van der Waals surface area contributed by atoms with Crippen molar-refractivity contribution in [3.05, 3.63) is 91.4 Å². The third-order valence-corrected chi connectivity index (χ3v) is 5.82. The van der Waals surface area contributed by atoms with Gasteiger partial charge in [-0.05, 0) is 55.3 Å². The van der Waals surface area contributed by atoms with Gasteiger partial charge in [0.25, 0.3) is 0 Å². The van der Waals surface area contributed by atoms with Crippen molar-refractivity contribution < 1.29 is 9.47 Å². The first-order valence-corrected chi connectivity index (χ1v) is 11.2. The number of ether oxygens (including phenoxy) is 2. The molecule has 0 radical (unpaired) electrons. The average Bonchev–Trinajstić information content (AvgIpc) is 2.74. The lowest BCUT2D eigenvalue weighted by atomic mass is 10.0. The molecule has 0 aliphatic heterocycles. The second kappa shape index (κ2) is 10.7. The highest BCUT2D eigenvalue weighted by Crippen LogP contribution is 2.36. The van der Waals surface area contributed by atoms with Gasteiger partial charge in [-0.25, -0.2) is 0 Å². The standard InChI is InChI=1S/C25H20BrCl2NO2/c1-3-30-24-11-19(10-20(14-29)17-6-4-16(2)5-7-17)22(26)13-25(24)31-15-18-8-9-21(27)12-23(18)28/h4-13H,3,15H2,1-2H3/b20-10-. The van der Waals surface area contributed by atoms with Gasteiger partial charge in [0.15, 0.2) is 11.5 Å². The van der Waals surface area contributed by atoms with Crippen LogP contribution in [0.25, 0.3) is 11.6 Å². The monoisotopic (exact) mass is 515 g/mol. The van der Waals surface area contributed by atoms with E-state index in [0.717, 1.165) is 26.7 Å². The molecule has 0 spiro atoms. The Balaban J connectivity index is 1.92. The van der Waals surface area contributed by atoms with Crippen molar-refractivity contribution in [3.63, 3.8) is 0 Å². The van der Waals surface area contributed by atoms with Crippen molar-refractivity contribution in [2.45, 2.75) is 20.5 Å². The highest BCUT2D eigenvalue weighted by molar-refractivity contribution is 9.10. The zero-order valence-electron chi connectivity index (χ0n) is 17.1. The molecule has 0 N–H and O–H groups in total. The molecule has 3 rings (SSSR count). The molecule has 0 saturated carbocycles. The number of benzene rings is 3. The van der Waals surface area contributed by atoms with Crippen molar-refractivity contribution >= 4 is 50.8 Å². The summed E-state index contributed by atoms with van der Waals surface area (Å²) in [6.07, 6.45) is 1.83. The third-order valence-electron chi connectivity index (χ3n) is 4.54. The molecule has 0 atom stereocenters. The first-order chi connectivity index (χ1) is 14.9. The van der Waals surface area contributed by atoms with E-state index in [1.807, 2.05) is 62.4 Å². The Bertz CT molecular complexity index is 1150. The molecule has 0 unspecified atom stereocenters. The van der Waals surface area contributed by atoms with Crippen molar-refractivity contribution in [2.75, 3.05) is 6.61 Å². The normalized spacial score (nSPS) is 11.2. The molecule has 3 nitrogen and oxygen atoms in total. The summed E-state index contributed by atoms with van der Waals surface area (Å²) in [7, 11) is 0. The van der Waals surface area contributed by atoms with Crippen molar-refractivity contribution in [1.29, 1.82) is 5.26 Å². The molecule has 0 amide bonds. The number of hydrogen-bond acceptors (Lipinski definition) is 3. The van der Waals surface area contributed by atoms with E-state index >= 15 is 0 Å². The summed E-state index contributed by atoms with van der Waals surface area (Å²) >= 11 is 15.8. The SMILES string of the molecule is CCOc1cc(/C=C(/C#N)c2ccc(C)cc2)c(Br)cc1OCc1ccc(Cl)cc1Cl. The molecule has 0 heterocycles. The van der Waals surface area contributed by atoms with E-state index in [2.05, 4.69) is 22.0 Å². The van der Waals surface area contributed by atoms with Gasteiger partial charge in [0, 0.05) is 20.1 Å². The Morgan fingerprint density at radius 3 is 2.39 bits per heavy atom. The topological polar surface area (TPSA) is 42.2 Å². The number of hydrogen-bond donors (Lipinski definition) is 0. The van der Waals surface area contributed by atoms with Gasteiger partial charge in [-0.15, -0.1) is 0 Å². The molecule has 0 fully saturated rings. The number of halogens is 3. The summed E-state index contributed by atoms with van der Waals surface area (Å²) in [4.78, 5) is 0. The van der Waals surface area contributed by atoms with Crippen LogP contribution in [-0.2, 0) is 6.61 Å². The molecule has 0 aliphatic rings. The predicted molar refractivity (Wildman–Crippen MR) is 131 cm³/mol. The first-order valence-electron chi connectivity index (χ1n) is 9.63. The van der Waals surface area contributed by atoms with Crippen LogP contribution in [0, 0.1) is 18.3 Å². The number of nitrogens with zero attached hydrogens (tertiary/aromatic N) is 1. The number of allylic oxidation sites excluding steroid dienone is 1. The number of rotatable bonds is 7. The Labute approximate surface area is 201 Å². The Kier molecular flexibility index (Phi) is 8.03. The van der Waals surface area contributed by atoms with E-state index in [1.165, 1.54) is 0 Å². The van der Waals surface area contributed by atoms with Gasteiger partial charge in [-0.3, -0.25) is 0 Å². The average molecular weight is 517 g/mol. The molecule has 158 valence electrons. The van der Waals surface area contributed by atoms with Crippen LogP contribution >= 0.6 is 39.1 Å². The summed E-state index contributed by atoms with van der Waals surface area (Å²) in [6, 6.07) is 19.1. The maximum absolute atomic E-state index is 9.67. The fourth-order valence-corrected chi connectivity index (χ4v) is 3.81. The van der Waals surface area contributed by atoms with Crippen molar-refractivity contribution in [2.24, 2.45) is 0 Å². The molecule has 31 heavy (non-hydrogen) atoms. The van der Waals surface area contributed by atoms with Crippen molar-refractivity contribution in [1.82, 2.24) is 0 Å². The molecule has 3 aromatic rings. The van der Waals surface area contributed by atoms with E-state index in [4.69, 9.17) is 32.7 Å². The van der Waals surface area contributed by atoms with Crippen LogP contribution in [0.1, 0.15) is 29.2 Å². The van der Waals surface area contributed by atoms with Crippen LogP contribution in [0.3, 0.4) is 0 Å². The highest BCUT2D eigenvalue weighted by atomic mass is 79.9. The summed E-state index contributed by atoms with van der Waals surface area (Å²) in [5.74, 6) is 1.16. The molecule has 0 aromatic heterocycles. The van der Waals surface area contributed by atoms with Gasteiger partial charge in [-0.2, -0.15) is 5.26 Å². The van der Waals surface area contributed by atoms with Crippen LogP contribution in [0.15, 0.2) is 59.1 Å². The number of aryl methyl sites for hydroxylation is 1.